The van der Waals surface area contributed by atoms with Crippen LogP contribution in [-0.4, -0.2) is 26.4 Å². The van der Waals surface area contributed by atoms with Crippen LogP contribution in [0.25, 0.3) is 5.65 Å². The molecule has 9 heteroatoms. The molecular formula is C16H12ClN5O3. The van der Waals surface area contributed by atoms with Crippen molar-refractivity contribution in [1.29, 1.82) is 0 Å². The summed E-state index contributed by atoms with van der Waals surface area (Å²) >= 11 is 5.75. The molecular weight excluding hydrogens is 346 g/mol. The predicted molar refractivity (Wildman–Crippen MR) is 93.1 cm³/mol. The minimum absolute atomic E-state index is 0.0348. The van der Waals surface area contributed by atoms with Crippen molar-refractivity contribution in [2.24, 2.45) is 5.10 Å². The number of hydrogen-bond acceptors (Lipinski definition) is 5. The molecule has 3 rings (SSSR count). The van der Waals surface area contributed by atoms with Crippen LogP contribution in [0.15, 0.2) is 47.7 Å². The summed E-state index contributed by atoms with van der Waals surface area (Å²) in [6, 6.07) is 9.65. The van der Waals surface area contributed by atoms with Gasteiger partial charge in [-0.15, -0.1) is 0 Å². The number of carbonyl (C=O) groups excluding carboxylic acids is 1. The molecule has 0 radical (unpaired) electrons. The Kier molecular flexibility index (Phi) is 4.44. The molecule has 1 N–H and O–H groups in total. The van der Waals surface area contributed by atoms with E-state index in [1.807, 2.05) is 6.07 Å². The fraction of sp³-hybridized carbons (Fsp3) is 0.0625. The summed E-state index contributed by atoms with van der Waals surface area (Å²) < 4.78 is 1.66. The summed E-state index contributed by atoms with van der Waals surface area (Å²) in [5.74, 6) is -0.434. The minimum atomic E-state index is -0.583. The molecule has 0 spiro atoms. The number of pyridine rings is 1. The Morgan fingerprint density at radius 1 is 1.40 bits per heavy atom. The number of aryl methyl sites for hydroxylation is 1. The lowest BCUT2D eigenvalue weighted by Crippen LogP contribution is -2.20. The molecule has 0 bridgehead atoms. The van der Waals surface area contributed by atoms with Crippen LogP contribution in [0.4, 0.5) is 5.69 Å². The van der Waals surface area contributed by atoms with E-state index in [1.54, 1.807) is 35.7 Å². The third-order valence-corrected chi connectivity index (χ3v) is 3.79. The number of amides is 1. The van der Waals surface area contributed by atoms with Crippen LogP contribution in [0.1, 0.15) is 21.7 Å². The zero-order valence-corrected chi connectivity index (χ0v) is 13.8. The van der Waals surface area contributed by atoms with Gasteiger partial charge in [-0.3, -0.25) is 19.3 Å². The highest BCUT2D eigenvalue weighted by Crippen LogP contribution is 2.24. The first-order chi connectivity index (χ1) is 12.0. The normalized spacial score (nSPS) is 11.1. The average Bonchev–Trinajstić information content (AvgIpc) is 2.91. The summed E-state index contributed by atoms with van der Waals surface area (Å²) in [5.41, 5.74) is 4.20. The summed E-state index contributed by atoms with van der Waals surface area (Å²) in [7, 11) is 0. The first kappa shape index (κ1) is 16.6. The van der Waals surface area contributed by atoms with Crippen LogP contribution in [0.3, 0.4) is 0 Å². The number of imidazole rings is 1. The van der Waals surface area contributed by atoms with E-state index in [0.717, 1.165) is 0 Å². The van der Waals surface area contributed by atoms with Gasteiger partial charge in [0.1, 0.15) is 16.4 Å². The van der Waals surface area contributed by atoms with Gasteiger partial charge < -0.3 is 0 Å². The Balaban J connectivity index is 1.80. The van der Waals surface area contributed by atoms with Gasteiger partial charge in [-0.2, -0.15) is 5.10 Å². The molecule has 8 nitrogen and oxygen atoms in total. The van der Waals surface area contributed by atoms with E-state index in [2.05, 4.69) is 15.5 Å². The molecule has 0 saturated carbocycles. The van der Waals surface area contributed by atoms with Gasteiger partial charge in [-0.25, -0.2) is 10.4 Å². The lowest BCUT2D eigenvalue weighted by atomic mass is 10.2. The quantitative estimate of drug-likeness (QED) is 0.440. The number of hydrogen-bond donors (Lipinski definition) is 1. The summed E-state index contributed by atoms with van der Waals surface area (Å²) in [5, 5.41) is 14.7. The highest BCUT2D eigenvalue weighted by atomic mass is 35.5. The zero-order chi connectivity index (χ0) is 18.0. The second-order valence-corrected chi connectivity index (χ2v) is 5.55. The lowest BCUT2D eigenvalue weighted by Gasteiger charge is -2.01. The Labute approximate surface area is 146 Å². The molecule has 0 atom stereocenters. The van der Waals surface area contributed by atoms with E-state index < -0.39 is 10.8 Å². The Morgan fingerprint density at radius 3 is 2.96 bits per heavy atom. The van der Waals surface area contributed by atoms with Crippen LogP contribution >= 0.6 is 11.6 Å². The van der Waals surface area contributed by atoms with E-state index in [1.165, 1.54) is 18.3 Å². The number of carbonyl (C=O) groups is 1. The Bertz CT molecular complexity index is 1010. The van der Waals surface area contributed by atoms with Gasteiger partial charge in [-0.1, -0.05) is 23.7 Å². The topological polar surface area (TPSA) is 102 Å². The summed E-state index contributed by atoms with van der Waals surface area (Å²) in [6.07, 6.45) is 3.04. The van der Waals surface area contributed by atoms with Crippen molar-refractivity contribution in [2.75, 3.05) is 0 Å². The maximum Gasteiger partial charge on any atom is 0.290 e. The molecule has 3 aromatic rings. The van der Waals surface area contributed by atoms with Crippen LogP contribution in [-0.2, 0) is 0 Å². The number of halogens is 1. The molecule has 0 saturated heterocycles. The predicted octanol–water partition coefficient (Wildman–Crippen LogP) is 2.97. The zero-order valence-electron chi connectivity index (χ0n) is 13.0. The van der Waals surface area contributed by atoms with Crippen LogP contribution < -0.4 is 5.43 Å². The van der Waals surface area contributed by atoms with Gasteiger partial charge in [0.15, 0.2) is 0 Å². The highest BCUT2D eigenvalue weighted by Gasteiger charge is 2.16. The van der Waals surface area contributed by atoms with E-state index in [0.29, 0.717) is 22.6 Å². The molecule has 2 heterocycles. The summed E-state index contributed by atoms with van der Waals surface area (Å²) in [4.78, 5) is 26.9. The third kappa shape index (κ3) is 3.33. The molecule has 0 unspecified atom stereocenters. The largest absolute Gasteiger partial charge is 0.295 e. The smallest absolute Gasteiger partial charge is 0.290 e. The van der Waals surface area contributed by atoms with Crippen molar-refractivity contribution >= 4 is 35.1 Å². The van der Waals surface area contributed by atoms with Gasteiger partial charge in [0.05, 0.1) is 16.8 Å². The fourth-order valence-corrected chi connectivity index (χ4v) is 2.54. The molecule has 0 fully saturated rings. The molecule has 0 aliphatic heterocycles. The Hall–Kier alpha value is -3.26. The summed E-state index contributed by atoms with van der Waals surface area (Å²) in [6.45, 7) is 1.73. The molecule has 126 valence electrons. The van der Waals surface area contributed by atoms with Gasteiger partial charge >= 0.3 is 0 Å². The molecule has 1 aromatic carbocycles. The van der Waals surface area contributed by atoms with Crippen LogP contribution in [0.5, 0.6) is 0 Å². The van der Waals surface area contributed by atoms with E-state index in [9.17, 15) is 14.9 Å². The molecule has 25 heavy (non-hydrogen) atoms. The monoisotopic (exact) mass is 357 g/mol. The van der Waals surface area contributed by atoms with E-state index in [-0.39, 0.29) is 10.7 Å². The number of aromatic nitrogens is 2. The number of nitro benzene ring substituents is 1. The van der Waals surface area contributed by atoms with Crippen molar-refractivity contribution in [3.05, 3.63) is 74.7 Å². The van der Waals surface area contributed by atoms with Crippen molar-refractivity contribution in [3.8, 4) is 0 Å². The third-order valence-electron chi connectivity index (χ3n) is 3.47. The van der Waals surface area contributed by atoms with Crippen molar-refractivity contribution < 1.29 is 9.72 Å². The van der Waals surface area contributed by atoms with Crippen LogP contribution in [0.2, 0.25) is 5.02 Å². The molecule has 1 amide bonds. The minimum Gasteiger partial charge on any atom is -0.295 e. The van der Waals surface area contributed by atoms with E-state index >= 15 is 0 Å². The molecule has 0 aliphatic rings. The fourth-order valence-electron chi connectivity index (χ4n) is 2.36. The second kappa shape index (κ2) is 6.70. The highest BCUT2D eigenvalue weighted by molar-refractivity contribution is 6.32. The SMILES string of the molecule is Cc1nc2ccccn2c1C(=O)N/N=C/c1ccc(Cl)c([N+](=O)[O-])c1. The number of rotatable bonds is 4. The number of benzene rings is 1. The Morgan fingerprint density at radius 2 is 2.20 bits per heavy atom. The lowest BCUT2D eigenvalue weighted by molar-refractivity contribution is -0.384. The average molecular weight is 358 g/mol. The van der Waals surface area contributed by atoms with E-state index in [4.69, 9.17) is 11.6 Å². The number of fused-ring (bicyclic) bond motifs is 1. The first-order valence-corrected chi connectivity index (χ1v) is 7.56. The van der Waals surface area contributed by atoms with Crippen molar-refractivity contribution in [2.45, 2.75) is 6.92 Å². The second-order valence-electron chi connectivity index (χ2n) is 5.14. The standard InChI is InChI=1S/C16H12ClN5O3/c1-10-15(21-7-3-2-4-14(21)19-10)16(23)20-18-9-11-5-6-12(17)13(8-11)22(24)25/h2-9H,1H3,(H,20,23)/b18-9+. The number of nitro groups is 1. The number of hydrazone groups is 1. The van der Waals surface area contributed by atoms with Crippen molar-refractivity contribution in [3.63, 3.8) is 0 Å². The number of nitrogens with one attached hydrogen (secondary N) is 1. The first-order valence-electron chi connectivity index (χ1n) is 7.18. The van der Waals surface area contributed by atoms with Gasteiger partial charge in [0.2, 0.25) is 0 Å². The van der Waals surface area contributed by atoms with Crippen LogP contribution in [0, 0.1) is 17.0 Å². The van der Waals surface area contributed by atoms with Crippen molar-refractivity contribution in [1.82, 2.24) is 14.8 Å². The molecule has 2 aromatic heterocycles. The van der Waals surface area contributed by atoms with Gasteiger partial charge in [0.25, 0.3) is 11.6 Å². The van der Waals surface area contributed by atoms with Gasteiger partial charge in [0, 0.05) is 17.8 Å². The maximum absolute atomic E-state index is 12.3. The number of nitrogens with zero attached hydrogens (tertiary/aromatic N) is 4. The maximum atomic E-state index is 12.3. The van der Waals surface area contributed by atoms with Gasteiger partial charge in [-0.05, 0) is 25.1 Å². The molecule has 0 aliphatic carbocycles.